The van der Waals surface area contributed by atoms with Crippen LogP contribution in [0.5, 0.6) is 0 Å². The van der Waals surface area contributed by atoms with E-state index in [0.717, 1.165) is 13.8 Å². The van der Waals surface area contributed by atoms with Crippen molar-refractivity contribution in [2.45, 2.75) is 38.3 Å². The summed E-state index contributed by atoms with van der Waals surface area (Å²) >= 11 is 0. The van der Waals surface area contributed by atoms with Crippen molar-refractivity contribution in [3.05, 3.63) is 0 Å². The molecule has 10 heavy (non-hydrogen) atoms. The second-order valence-electron chi connectivity index (χ2n) is 2.84. The Bertz CT molecular complexity index is 111. The summed E-state index contributed by atoms with van der Waals surface area (Å²) < 4.78 is 0. The molecule has 0 aliphatic rings. The lowest BCUT2D eigenvalue weighted by molar-refractivity contribution is -0.282. The number of hydrogen-bond donors (Lipinski definition) is 4. The Labute approximate surface area is 59.7 Å². The van der Waals surface area contributed by atoms with Gasteiger partial charge in [-0.25, -0.2) is 0 Å². The van der Waals surface area contributed by atoms with E-state index in [9.17, 15) is 5.11 Å². The molecule has 4 heteroatoms. The van der Waals surface area contributed by atoms with Crippen LogP contribution in [0.25, 0.3) is 0 Å². The van der Waals surface area contributed by atoms with Gasteiger partial charge in [0.15, 0.2) is 5.79 Å². The fourth-order valence-corrected chi connectivity index (χ4v) is 0.396. The molecule has 0 aromatic carbocycles. The third-order valence-corrected chi connectivity index (χ3v) is 1.77. The van der Waals surface area contributed by atoms with Gasteiger partial charge in [-0.15, -0.1) is 0 Å². The maximum absolute atomic E-state index is 9.18. The summed E-state index contributed by atoms with van der Waals surface area (Å²) in [5, 5.41) is 35.7. The van der Waals surface area contributed by atoms with E-state index in [2.05, 4.69) is 0 Å². The first-order valence-electron chi connectivity index (χ1n) is 3.05. The Morgan fingerprint density at radius 3 is 1.40 bits per heavy atom. The number of aliphatic hydroxyl groups is 4. The van der Waals surface area contributed by atoms with Gasteiger partial charge in [0.1, 0.15) is 5.60 Å². The van der Waals surface area contributed by atoms with Crippen molar-refractivity contribution in [2.24, 2.45) is 0 Å². The van der Waals surface area contributed by atoms with Crippen LogP contribution in [0, 0.1) is 0 Å². The summed E-state index contributed by atoms with van der Waals surface area (Å²) in [5.74, 6) is -2.28. The molecule has 0 fully saturated rings. The zero-order valence-corrected chi connectivity index (χ0v) is 6.37. The molecular weight excluding hydrogens is 136 g/mol. The molecular formula is C6H14O4. The molecule has 2 atom stereocenters. The lowest BCUT2D eigenvalue weighted by atomic mass is 9.91. The SMILES string of the molecule is C[C@H](O)[C@](C)(O)C(C)(O)O. The minimum Gasteiger partial charge on any atom is -0.390 e. The predicted molar refractivity (Wildman–Crippen MR) is 35.1 cm³/mol. The van der Waals surface area contributed by atoms with Crippen LogP contribution in [0.15, 0.2) is 0 Å². The Morgan fingerprint density at radius 1 is 1.10 bits per heavy atom. The van der Waals surface area contributed by atoms with E-state index in [-0.39, 0.29) is 0 Å². The van der Waals surface area contributed by atoms with Crippen LogP contribution in [-0.2, 0) is 0 Å². The molecule has 0 aliphatic carbocycles. The minimum atomic E-state index is -2.28. The molecule has 0 saturated carbocycles. The number of hydrogen-bond acceptors (Lipinski definition) is 4. The maximum Gasteiger partial charge on any atom is 0.191 e. The van der Waals surface area contributed by atoms with E-state index in [4.69, 9.17) is 15.3 Å². The second kappa shape index (κ2) is 2.47. The van der Waals surface area contributed by atoms with Gasteiger partial charge in [-0.1, -0.05) is 0 Å². The third kappa shape index (κ3) is 1.67. The van der Waals surface area contributed by atoms with Gasteiger partial charge < -0.3 is 20.4 Å². The van der Waals surface area contributed by atoms with Gasteiger partial charge >= 0.3 is 0 Å². The Balaban J connectivity index is 4.40. The standard InChI is InChI=1S/C6H14O4/c1-4(7)5(2,8)6(3,9)10/h4,7-10H,1-3H3/t4-,5-/m0/s1. The van der Waals surface area contributed by atoms with Crippen LogP contribution >= 0.6 is 0 Å². The van der Waals surface area contributed by atoms with Crippen LogP contribution in [-0.4, -0.2) is 37.9 Å². The molecule has 0 rings (SSSR count). The summed E-state index contributed by atoms with van der Waals surface area (Å²) in [6.07, 6.45) is -1.19. The quantitative estimate of drug-likeness (QED) is 0.373. The molecule has 0 aromatic rings. The smallest absolute Gasteiger partial charge is 0.191 e. The van der Waals surface area contributed by atoms with E-state index in [1.165, 1.54) is 6.92 Å². The molecule has 0 spiro atoms. The molecule has 0 unspecified atom stereocenters. The van der Waals surface area contributed by atoms with Crippen molar-refractivity contribution >= 4 is 0 Å². The van der Waals surface area contributed by atoms with Gasteiger partial charge in [0.05, 0.1) is 6.10 Å². The molecule has 0 amide bonds. The normalized spacial score (nSPS) is 21.9. The van der Waals surface area contributed by atoms with E-state index in [0.29, 0.717) is 0 Å². The summed E-state index contributed by atoms with van der Waals surface area (Å²) in [6.45, 7) is 3.45. The molecule has 0 bridgehead atoms. The Morgan fingerprint density at radius 2 is 1.40 bits per heavy atom. The van der Waals surface area contributed by atoms with Crippen molar-refractivity contribution < 1.29 is 20.4 Å². The highest BCUT2D eigenvalue weighted by Gasteiger charge is 2.44. The first kappa shape index (κ1) is 9.84. The Hall–Kier alpha value is -0.160. The second-order valence-corrected chi connectivity index (χ2v) is 2.84. The van der Waals surface area contributed by atoms with Crippen molar-refractivity contribution in [3.8, 4) is 0 Å². The monoisotopic (exact) mass is 150 g/mol. The van der Waals surface area contributed by atoms with Crippen molar-refractivity contribution in [3.63, 3.8) is 0 Å². The summed E-state index contributed by atoms with van der Waals surface area (Å²) in [6, 6.07) is 0. The average Bonchev–Trinajstić information content (AvgIpc) is 1.62. The largest absolute Gasteiger partial charge is 0.390 e. The van der Waals surface area contributed by atoms with Crippen LogP contribution in [0.2, 0.25) is 0 Å². The maximum atomic E-state index is 9.18. The number of aliphatic hydroxyl groups excluding tert-OH is 1. The first-order chi connectivity index (χ1) is 4.19. The molecule has 0 heterocycles. The van der Waals surface area contributed by atoms with Gasteiger partial charge in [-0.2, -0.15) is 0 Å². The lowest BCUT2D eigenvalue weighted by Crippen LogP contribution is -2.56. The predicted octanol–water partition coefficient (Wildman–Crippen LogP) is -1.18. The zero-order chi connectivity index (χ0) is 8.58. The average molecular weight is 150 g/mol. The molecule has 0 radical (unpaired) electrons. The van der Waals surface area contributed by atoms with Crippen LogP contribution < -0.4 is 0 Å². The fourth-order valence-electron chi connectivity index (χ4n) is 0.396. The lowest BCUT2D eigenvalue weighted by Gasteiger charge is -2.35. The third-order valence-electron chi connectivity index (χ3n) is 1.77. The minimum absolute atomic E-state index is 1.01. The van der Waals surface area contributed by atoms with Crippen molar-refractivity contribution in [1.29, 1.82) is 0 Å². The van der Waals surface area contributed by atoms with Crippen LogP contribution in [0.4, 0.5) is 0 Å². The highest BCUT2D eigenvalue weighted by atomic mass is 16.5. The van der Waals surface area contributed by atoms with Gasteiger partial charge in [-0.3, -0.25) is 0 Å². The molecule has 0 aliphatic heterocycles. The van der Waals surface area contributed by atoms with Crippen molar-refractivity contribution in [2.75, 3.05) is 0 Å². The topological polar surface area (TPSA) is 80.9 Å². The Kier molecular flexibility index (Phi) is 2.43. The molecule has 0 saturated heterocycles. The summed E-state index contributed by atoms with van der Waals surface area (Å²) in [7, 11) is 0. The van der Waals surface area contributed by atoms with Crippen LogP contribution in [0.3, 0.4) is 0 Å². The first-order valence-corrected chi connectivity index (χ1v) is 3.05. The van der Waals surface area contributed by atoms with Gasteiger partial charge in [0.25, 0.3) is 0 Å². The van der Waals surface area contributed by atoms with E-state index in [1.807, 2.05) is 0 Å². The summed E-state index contributed by atoms with van der Waals surface area (Å²) in [4.78, 5) is 0. The van der Waals surface area contributed by atoms with Crippen LogP contribution in [0.1, 0.15) is 20.8 Å². The van der Waals surface area contributed by atoms with E-state index < -0.39 is 17.5 Å². The van der Waals surface area contributed by atoms with Gasteiger partial charge in [0.2, 0.25) is 0 Å². The number of rotatable bonds is 2. The van der Waals surface area contributed by atoms with Gasteiger partial charge in [-0.05, 0) is 20.8 Å². The molecule has 0 aromatic heterocycles. The molecule has 62 valence electrons. The molecule has 4 nitrogen and oxygen atoms in total. The van der Waals surface area contributed by atoms with E-state index in [1.54, 1.807) is 0 Å². The fraction of sp³-hybridized carbons (Fsp3) is 1.00. The highest BCUT2D eigenvalue weighted by molar-refractivity contribution is 4.88. The van der Waals surface area contributed by atoms with Crippen molar-refractivity contribution in [1.82, 2.24) is 0 Å². The van der Waals surface area contributed by atoms with Gasteiger partial charge in [0, 0.05) is 0 Å². The highest BCUT2D eigenvalue weighted by Crippen LogP contribution is 2.22. The summed E-state index contributed by atoms with van der Waals surface area (Å²) in [5.41, 5.74) is -1.90. The molecule has 4 N–H and O–H groups in total. The van der Waals surface area contributed by atoms with E-state index >= 15 is 0 Å². The zero-order valence-electron chi connectivity index (χ0n) is 6.37.